The van der Waals surface area contributed by atoms with Crippen LogP contribution in [0, 0.1) is 0 Å². The first-order valence-corrected chi connectivity index (χ1v) is 17.7. The molecule has 0 fully saturated rings. The highest BCUT2D eigenvalue weighted by Gasteiger charge is 2.21. The quantitative estimate of drug-likeness (QED) is 0.188. The van der Waals surface area contributed by atoms with Crippen molar-refractivity contribution in [2.24, 2.45) is 0 Å². The van der Waals surface area contributed by atoms with Crippen molar-refractivity contribution in [3.63, 3.8) is 0 Å². The van der Waals surface area contributed by atoms with Crippen molar-refractivity contribution in [2.45, 2.75) is 0 Å². The molecular weight excluding hydrogens is 633 g/mol. The standard InChI is InChI=1S/C48H30N4/c1-3-13-31(14-4-1)32-23-26-35(27-24-32)51-43-28-25-33-15-7-8-18-36(33)46(43)40-29-39-37-19-10-12-22-42(37)52(44(39)30-45(40)51)48-49-41-21-11-9-20-38(41)47(50-48)34-16-5-2-6-17-34/h1-30H. The molecule has 242 valence electrons. The van der Waals surface area contributed by atoms with Crippen LogP contribution < -0.4 is 0 Å². The first-order chi connectivity index (χ1) is 25.8. The molecule has 0 aliphatic rings. The Balaban J connectivity index is 1.25. The van der Waals surface area contributed by atoms with Crippen LogP contribution >= 0.6 is 0 Å². The Labute approximate surface area is 299 Å². The summed E-state index contributed by atoms with van der Waals surface area (Å²) in [7, 11) is 0. The van der Waals surface area contributed by atoms with Crippen LogP contribution in [0.25, 0.3) is 99.3 Å². The van der Waals surface area contributed by atoms with Gasteiger partial charge in [-0.05, 0) is 64.4 Å². The molecule has 0 saturated carbocycles. The van der Waals surface area contributed by atoms with Crippen LogP contribution in [0.5, 0.6) is 0 Å². The van der Waals surface area contributed by atoms with Gasteiger partial charge in [0.25, 0.3) is 0 Å². The number of para-hydroxylation sites is 2. The smallest absolute Gasteiger partial charge is 0.235 e. The molecule has 0 unspecified atom stereocenters. The maximum Gasteiger partial charge on any atom is 0.235 e. The number of nitrogens with zero attached hydrogens (tertiary/aromatic N) is 4. The monoisotopic (exact) mass is 662 g/mol. The van der Waals surface area contributed by atoms with E-state index >= 15 is 0 Å². The number of rotatable bonds is 4. The van der Waals surface area contributed by atoms with E-state index in [4.69, 9.17) is 9.97 Å². The topological polar surface area (TPSA) is 35.6 Å². The van der Waals surface area contributed by atoms with E-state index in [2.05, 4.69) is 185 Å². The van der Waals surface area contributed by atoms with Gasteiger partial charge in [0.05, 0.1) is 33.3 Å². The van der Waals surface area contributed by atoms with Gasteiger partial charge >= 0.3 is 0 Å². The summed E-state index contributed by atoms with van der Waals surface area (Å²) in [5, 5.41) is 8.34. The van der Waals surface area contributed by atoms with Gasteiger partial charge < -0.3 is 4.57 Å². The molecule has 11 rings (SSSR count). The minimum atomic E-state index is 0.656. The van der Waals surface area contributed by atoms with E-state index in [0.717, 1.165) is 44.4 Å². The van der Waals surface area contributed by atoms with Gasteiger partial charge in [0.1, 0.15) is 0 Å². The Kier molecular flexibility index (Phi) is 6.22. The fourth-order valence-corrected chi connectivity index (χ4v) is 8.16. The fourth-order valence-electron chi connectivity index (χ4n) is 8.16. The first kappa shape index (κ1) is 28.8. The van der Waals surface area contributed by atoms with Crippen LogP contribution in [0.4, 0.5) is 0 Å². The van der Waals surface area contributed by atoms with Crippen molar-refractivity contribution >= 4 is 65.3 Å². The van der Waals surface area contributed by atoms with Crippen LogP contribution in [0.3, 0.4) is 0 Å². The third-order valence-electron chi connectivity index (χ3n) is 10.5. The second kappa shape index (κ2) is 11.2. The Morgan fingerprint density at radius 2 is 0.981 bits per heavy atom. The summed E-state index contributed by atoms with van der Waals surface area (Å²) in [6.07, 6.45) is 0. The highest BCUT2D eigenvalue weighted by Crippen LogP contribution is 2.42. The molecule has 0 aliphatic heterocycles. The highest BCUT2D eigenvalue weighted by molar-refractivity contribution is 6.25. The lowest BCUT2D eigenvalue weighted by atomic mass is 10.0. The zero-order valence-electron chi connectivity index (χ0n) is 28.1. The third kappa shape index (κ3) is 4.28. The second-order valence-corrected chi connectivity index (χ2v) is 13.4. The number of hydrogen-bond donors (Lipinski definition) is 0. The van der Waals surface area contributed by atoms with E-state index < -0.39 is 0 Å². The molecule has 11 aromatic rings. The van der Waals surface area contributed by atoms with Gasteiger partial charge in [-0.2, -0.15) is 0 Å². The van der Waals surface area contributed by atoms with Crippen molar-refractivity contribution < 1.29 is 0 Å². The normalized spacial score (nSPS) is 11.8. The van der Waals surface area contributed by atoms with E-state index in [0.29, 0.717) is 5.95 Å². The minimum Gasteiger partial charge on any atom is -0.309 e. The van der Waals surface area contributed by atoms with Gasteiger partial charge in [0, 0.05) is 38.2 Å². The number of fused-ring (bicyclic) bond motifs is 9. The lowest BCUT2D eigenvalue weighted by Crippen LogP contribution is -2.03. The maximum atomic E-state index is 5.34. The molecule has 0 amide bonds. The van der Waals surface area contributed by atoms with E-state index in [9.17, 15) is 0 Å². The maximum absolute atomic E-state index is 5.34. The summed E-state index contributed by atoms with van der Waals surface area (Å²) in [6.45, 7) is 0. The van der Waals surface area contributed by atoms with Crippen molar-refractivity contribution in [1.29, 1.82) is 0 Å². The molecule has 0 spiro atoms. The predicted octanol–water partition coefficient (Wildman–Crippen LogP) is 12.3. The molecule has 0 N–H and O–H groups in total. The Hall–Kier alpha value is -7.04. The highest BCUT2D eigenvalue weighted by atomic mass is 15.2. The third-order valence-corrected chi connectivity index (χ3v) is 10.5. The van der Waals surface area contributed by atoms with E-state index in [1.54, 1.807) is 0 Å². The predicted molar refractivity (Wildman–Crippen MR) is 217 cm³/mol. The minimum absolute atomic E-state index is 0.656. The zero-order valence-corrected chi connectivity index (χ0v) is 28.1. The van der Waals surface area contributed by atoms with Crippen molar-refractivity contribution in [3.05, 3.63) is 182 Å². The number of aromatic nitrogens is 4. The van der Waals surface area contributed by atoms with Crippen LogP contribution in [0.15, 0.2) is 182 Å². The molecule has 8 aromatic carbocycles. The molecule has 0 saturated heterocycles. The molecule has 0 bridgehead atoms. The summed E-state index contributed by atoms with van der Waals surface area (Å²) in [5.74, 6) is 0.656. The number of hydrogen-bond acceptors (Lipinski definition) is 2. The van der Waals surface area contributed by atoms with Gasteiger partial charge in [-0.15, -0.1) is 0 Å². The zero-order chi connectivity index (χ0) is 34.2. The van der Waals surface area contributed by atoms with Crippen LogP contribution in [0.1, 0.15) is 0 Å². The molecule has 0 atom stereocenters. The first-order valence-electron chi connectivity index (χ1n) is 17.7. The molecule has 4 heteroatoms. The van der Waals surface area contributed by atoms with Crippen molar-refractivity contribution in [1.82, 2.24) is 19.1 Å². The van der Waals surface area contributed by atoms with E-state index in [-0.39, 0.29) is 0 Å². The van der Waals surface area contributed by atoms with Gasteiger partial charge in [0.2, 0.25) is 5.95 Å². The van der Waals surface area contributed by atoms with Gasteiger partial charge in [-0.25, -0.2) is 9.97 Å². The molecule has 3 aromatic heterocycles. The molecule has 52 heavy (non-hydrogen) atoms. The largest absolute Gasteiger partial charge is 0.309 e. The van der Waals surface area contributed by atoms with Gasteiger partial charge in [-0.1, -0.05) is 140 Å². The second-order valence-electron chi connectivity index (χ2n) is 13.4. The van der Waals surface area contributed by atoms with Crippen LogP contribution in [-0.4, -0.2) is 19.1 Å². The average Bonchev–Trinajstić information content (AvgIpc) is 3.72. The van der Waals surface area contributed by atoms with Crippen LogP contribution in [-0.2, 0) is 0 Å². The van der Waals surface area contributed by atoms with Crippen molar-refractivity contribution in [2.75, 3.05) is 0 Å². The Morgan fingerprint density at radius 3 is 1.79 bits per heavy atom. The molecule has 0 radical (unpaired) electrons. The van der Waals surface area contributed by atoms with Crippen LogP contribution in [0.2, 0.25) is 0 Å². The van der Waals surface area contributed by atoms with Gasteiger partial charge in [-0.3, -0.25) is 4.57 Å². The molecular formula is C48H30N4. The van der Waals surface area contributed by atoms with Crippen molar-refractivity contribution in [3.8, 4) is 34.0 Å². The summed E-state index contributed by atoms with van der Waals surface area (Å²) >= 11 is 0. The summed E-state index contributed by atoms with van der Waals surface area (Å²) in [6, 6.07) is 64.9. The lowest BCUT2D eigenvalue weighted by molar-refractivity contribution is 1.01. The summed E-state index contributed by atoms with van der Waals surface area (Å²) in [4.78, 5) is 10.6. The van der Waals surface area contributed by atoms with E-state index in [1.165, 1.54) is 49.0 Å². The SMILES string of the molecule is c1ccc(-c2ccc(-n3c4cc5c(cc4c4c6ccccc6ccc43)c3ccccc3n5-c3nc(-c4ccccc4)c4ccccc4n3)cc2)cc1. The van der Waals surface area contributed by atoms with E-state index in [1.807, 2.05) is 6.07 Å². The Morgan fingerprint density at radius 1 is 0.346 bits per heavy atom. The van der Waals surface area contributed by atoms with Gasteiger partial charge in [0.15, 0.2) is 0 Å². The molecule has 0 aliphatic carbocycles. The molecule has 3 heterocycles. The molecule has 4 nitrogen and oxygen atoms in total. The Bertz CT molecular complexity index is 3160. The summed E-state index contributed by atoms with van der Waals surface area (Å²) < 4.78 is 4.67. The number of benzene rings is 8. The fraction of sp³-hybridized carbons (Fsp3) is 0. The summed E-state index contributed by atoms with van der Waals surface area (Å²) in [5.41, 5.74) is 10.9. The average molecular weight is 663 g/mol. The lowest BCUT2D eigenvalue weighted by Gasteiger charge is -2.12.